The van der Waals surface area contributed by atoms with Crippen LogP contribution in [0.25, 0.3) is 11.0 Å². The highest BCUT2D eigenvalue weighted by Gasteiger charge is 2.41. The van der Waals surface area contributed by atoms with E-state index in [4.69, 9.17) is 5.73 Å². The molecular weight excluding hydrogens is 296 g/mol. The van der Waals surface area contributed by atoms with E-state index in [-0.39, 0.29) is 5.41 Å². The molecule has 3 rings (SSSR count). The number of halogens is 1. The number of aldehydes is 1. The highest BCUT2D eigenvalue weighted by atomic mass is 79.9. The Morgan fingerprint density at radius 1 is 1.56 bits per heavy atom. The number of hydrogen-bond donors (Lipinski definition) is 1. The fourth-order valence-electron chi connectivity index (χ4n) is 2.65. The summed E-state index contributed by atoms with van der Waals surface area (Å²) in [6.45, 7) is 1.99. The van der Waals surface area contributed by atoms with Gasteiger partial charge >= 0.3 is 0 Å². The molecule has 0 amide bonds. The van der Waals surface area contributed by atoms with Gasteiger partial charge in [-0.2, -0.15) is 0 Å². The van der Waals surface area contributed by atoms with Gasteiger partial charge in [0.2, 0.25) is 0 Å². The van der Waals surface area contributed by atoms with Crippen LogP contribution in [-0.4, -0.2) is 20.8 Å². The fourth-order valence-corrected chi connectivity index (χ4v) is 3.25. The predicted molar refractivity (Wildman–Crippen MR) is 72.1 cm³/mol. The molecule has 2 aromatic rings. The lowest BCUT2D eigenvalue weighted by Gasteiger charge is -2.41. The Bertz CT molecular complexity index is 630. The van der Waals surface area contributed by atoms with Crippen molar-refractivity contribution in [3.63, 3.8) is 0 Å². The Morgan fingerprint density at radius 2 is 2.28 bits per heavy atom. The molecule has 0 saturated heterocycles. The fraction of sp³-hybridized carbons (Fsp3) is 0.417. The third-order valence-corrected chi connectivity index (χ3v) is 4.28. The maximum atomic E-state index is 10.9. The van der Waals surface area contributed by atoms with Gasteiger partial charge in [0.25, 0.3) is 0 Å². The number of carbonyl (C=O) groups excluding carboxylic acids is 1. The molecule has 94 valence electrons. The normalized spacial score (nSPS) is 27.1. The molecule has 0 aliphatic heterocycles. The zero-order chi connectivity index (χ0) is 12.9. The van der Waals surface area contributed by atoms with Crippen LogP contribution >= 0.6 is 15.9 Å². The predicted octanol–water partition coefficient (Wildman–Crippen LogP) is 2.32. The monoisotopic (exact) mass is 308 g/mol. The number of rotatable bonds is 2. The minimum absolute atomic E-state index is 0.188. The topological polar surface area (TPSA) is 73.8 Å². The van der Waals surface area contributed by atoms with E-state index in [2.05, 4.69) is 30.5 Å². The molecule has 0 bridgehead atoms. The smallest absolute Gasteiger partial charge is 0.146 e. The lowest BCUT2D eigenvalue weighted by Crippen LogP contribution is -2.37. The van der Waals surface area contributed by atoms with E-state index in [0.717, 1.165) is 34.6 Å². The van der Waals surface area contributed by atoms with Gasteiger partial charge < -0.3 is 15.1 Å². The quantitative estimate of drug-likeness (QED) is 0.864. The van der Waals surface area contributed by atoms with E-state index in [9.17, 15) is 4.79 Å². The third-order valence-electron chi connectivity index (χ3n) is 3.67. The molecule has 6 heteroatoms. The molecule has 5 nitrogen and oxygen atoms in total. The van der Waals surface area contributed by atoms with Crippen LogP contribution in [0.4, 0.5) is 5.82 Å². The molecule has 0 aromatic carbocycles. The van der Waals surface area contributed by atoms with E-state index in [1.807, 2.05) is 13.1 Å². The SMILES string of the molecule is CC1(C=O)CC(n2cc(Br)c3c(N)ncnc32)C1. The summed E-state index contributed by atoms with van der Waals surface area (Å²) < 4.78 is 2.98. The number of nitrogens with two attached hydrogens (primary N) is 1. The molecular formula is C12H13BrN4O. The Balaban J connectivity index is 2.05. The lowest BCUT2D eigenvalue weighted by molar-refractivity contribution is -0.121. The van der Waals surface area contributed by atoms with E-state index in [1.54, 1.807) is 0 Å². The van der Waals surface area contributed by atoms with Gasteiger partial charge in [0.15, 0.2) is 0 Å². The molecule has 1 aliphatic carbocycles. The van der Waals surface area contributed by atoms with Crippen LogP contribution in [0.15, 0.2) is 17.0 Å². The number of anilines is 1. The zero-order valence-corrected chi connectivity index (χ0v) is 11.5. The molecule has 18 heavy (non-hydrogen) atoms. The van der Waals surface area contributed by atoms with Gasteiger partial charge in [-0.25, -0.2) is 9.97 Å². The van der Waals surface area contributed by atoms with Crippen molar-refractivity contribution in [2.24, 2.45) is 5.41 Å². The van der Waals surface area contributed by atoms with E-state index in [0.29, 0.717) is 11.9 Å². The second-order valence-electron chi connectivity index (χ2n) is 5.18. The van der Waals surface area contributed by atoms with Crippen molar-refractivity contribution in [3.05, 3.63) is 17.0 Å². The zero-order valence-electron chi connectivity index (χ0n) is 9.93. The Labute approximate surface area is 113 Å². The summed E-state index contributed by atoms with van der Waals surface area (Å²) >= 11 is 3.49. The number of nitrogen functional groups attached to an aromatic ring is 1. The first-order valence-corrected chi connectivity index (χ1v) is 6.56. The van der Waals surface area contributed by atoms with Gasteiger partial charge in [0.1, 0.15) is 24.1 Å². The molecule has 1 aliphatic rings. The average Bonchev–Trinajstić information content (AvgIpc) is 2.64. The van der Waals surface area contributed by atoms with Crippen LogP contribution in [0.5, 0.6) is 0 Å². The molecule has 0 atom stereocenters. The van der Waals surface area contributed by atoms with Gasteiger partial charge in [0.05, 0.1) is 5.39 Å². The van der Waals surface area contributed by atoms with Crippen molar-refractivity contribution in [2.75, 3.05) is 5.73 Å². The van der Waals surface area contributed by atoms with Gasteiger partial charge in [-0.3, -0.25) is 0 Å². The number of nitrogens with zero attached hydrogens (tertiary/aromatic N) is 3. The number of hydrogen-bond acceptors (Lipinski definition) is 4. The van der Waals surface area contributed by atoms with Crippen LogP contribution < -0.4 is 5.73 Å². The Morgan fingerprint density at radius 3 is 2.94 bits per heavy atom. The second kappa shape index (κ2) is 3.78. The molecule has 2 aromatic heterocycles. The minimum atomic E-state index is -0.188. The van der Waals surface area contributed by atoms with E-state index >= 15 is 0 Å². The summed E-state index contributed by atoms with van der Waals surface area (Å²) in [5, 5.41) is 0.845. The highest BCUT2D eigenvalue weighted by Crippen LogP contribution is 2.48. The van der Waals surface area contributed by atoms with Crippen molar-refractivity contribution in [1.82, 2.24) is 14.5 Å². The summed E-state index contributed by atoms with van der Waals surface area (Å²) in [4.78, 5) is 19.2. The first-order valence-electron chi connectivity index (χ1n) is 5.77. The summed E-state index contributed by atoms with van der Waals surface area (Å²) in [6, 6.07) is 0.309. The number of carbonyl (C=O) groups is 1. The summed E-state index contributed by atoms with van der Waals surface area (Å²) in [6.07, 6.45) is 6.18. The van der Waals surface area contributed by atoms with Crippen molar-refractivity contribution in [3.8, 4) is 0 Å². The molecule has 1 saturated carbocycles. The minimum Gasteiger partial charge on any atom is -0.383 e. The first-order chi connectivity index (χ1) is 8.54. The average molecular weight is 309 g/mol. The lowest BCUT2D eigenvalue weighted by atomic mass is 9.68. The van der Waals surface area contributed by atoms with Gasteiger partial charge in [-0.1, -0.05) is 6.92 Å². The van der Waals surface area contributed by atoms with Gasteiger partial charge in [-0.15, -0.1) is 0 Å². The molecule has 0 radical (unpaired) electrons. The molecule has 0 spiro atoms. The Hall–Kier alpha value is -1.43. The van der Waals surface area contributed by atoms with Crippen LogP contribution in [-0.2, 0) is 4.79 Å². The maximum Gasteiger partial charge on any atom is 0.146 e. The van der Waals surface area contributed by atoms with Gasteiger partial charge in [-0.05, 0) is 28.8 Å². The molecule has 2 heterocycles. The van der Waals surface area contributed by atoms with Crippen LogP contribution in [0, 0.1) is 5.41 Å². The number of fused-ring (bicyclic) bond motifs is 1. The molecule has 1 fully saturated rings. The summed E-state index contributed by atoms with van der Waals surface area (Å²) in [5.74, 6) is 0.475. The van der Waals surface area contributed by atoms with Crippen LogP contribution in [0.2, 0.25) is 0 Å². The second-order valence-corrected chi connectivity index (χ2v) is 6.03. The van der Waals surface area contributed by atoms with Crippen LogP contribution in [0.3, 0.4) is 0 Å². The third kappa shape index (κ3) is 1.55. The Kier molecular flexibility index (Phi) is 2.45. The van der Waals surface area contributed by atoms with Crippen molar-refractivity contribution < 1.29 is 4.79 Å². The summed E-state index contributed by atoms with van der Waals surface area (Å²) in [5.41, 5.74) is 6.50. The first kappa shape index (κ1) is 11.6. The molecule has 0 unspecified atom stereocenters. The van der Waals surface area contributed by atoms with E-state index < -0.39 is 0 Å². The van der Waals surface area contributed by atoms with Crippen molar-refractivity contribution >= 4 is 39.1 Å². The summed E-state index contributed by atoms with van der Waals surface area (Å²) in [7, 11) is 0. The number of aromatic nitrogens is 3. The van der Waals surface area contributed by atoms with E-state index in [1.165, 1.54) is 6.33 Å². The van der Waals surface area contributed by atoms with Crippen molar-refractivity contribution in [2.45, 2.75) is 25.8 Å². The maximum absolute atomic E-state index is 10.9. The van der Waals surface area contributed by atoms with Crippen LogP contribution in [0.1, 0.15) is 25.8 Å². The standard InChI is InChI=1S/C12H13BrN4O/c1-12(5-18)2-7(3-12)17-4-8(13)9-10(14)15-6-16-11(9)17/h4-7H,2-3H2,1H3,(H2,14,15,16). The van der Waals surface area contributed by atoms with Crippen molar-refractivity contribution in [1.29, 1.82) is 0 Å². The highest BCUT2D eigenvalue weighted by molar-refractivity contribution is 9.10. The van der Waals surface area contributed by atoms with Gasteiger partial charge in [0, 0.05) is 22.1 Å². The molecule has 2 N–H and O–H groups in total. The largest absolute Gasteiger partial charge is 0.383 e.